The van der Waals surface area contributed by atoms with Gasteiger partial charge in [0.05, 0.1) is 6.61 Å². The molecular formula is C14H19N3OS. The number of ether oxygens (including phenoxy) is 1. The van der Waals surface area contributed by atoms with E-state index in [2.05, 4.69) is 39.7 Å². The Balaban J connectivity index is 1.90. The minimum absolute atomic E-state index is 0.641. The van der Waals surface area contributed by atoms with Crippen molar-refractivity contribution < 1.29 is 4.74 Å². The molecule has 0 saturated heterocycles. The highest BCUT2D eigenvalue weighted by molar-refractivity contribution is 7.09. The topological polar surface area (TPSA) is 47.0 Å². The number of anilines is 1. The summed E-state index contributed by atoms with van der Waals surface area (Å²) in [6, 6.07) is 6.03. The SMILES string of the molecule is CCCNc1cc(OCCc2cccs2)nc(C)n1. The van der Waals surface area contributed by atoms with E-state index in [0.29, 0.717) is 12.5 Å². The van der Waals surface area contributed by atoms with Crippen LogP contribution in [0.3, 0.4) is 0 Å². The summed E-state index contributed by atoms with van der Waals surface area (Å²) in [7, 11) is 0. The average molecular weight is 277 g/mol. The smallest absolute Gasteiger partial charge is 0.218 e. The predicted octanol–water partition coefficient (Wildman–Crippen LogP) is 3.29. The van der Waals surface area contributed by atoms with E-state index >= 15 is 0 Å². The van der Waals surface area contributed by atoms with Crippen molar-refractivity contribution in [3.63, 3.8) is 0 Å². The minimum atomic E-state index is 0.641. The van der Waals surface area contributed by atoms with E-state index in [9.17, 15) is 0 Å². The zero-order valence-corrected chi connectivity index (χ0v) is 12.2. The summed E-state index contributed by atoms with van der Waals surface area (Å²) in [4.78, 5) is 9.95. The zero-order valence-electron chi connectivity index (χ0n) is 11.3. The first-order valence-corrected chi connectivity index (χ1v) is 7.40. The number of thiophene rings is 1. The van der Waals surface area contributed by atoms with Gasteiger partial charge in [-0.2, -0.15) is 4.98 Å². The normalized spacial score (nSPS) is 10.4. The van der Waals surface area contributed by atoms with Gasteiger partial charge < -0.3 is 10.1 Å². The molecule has 0 spiro atoms. The Labute approximate surface area is 117 Å². The second-order valence-corrected chi connectivity index (χ2v) is 5.28. The Hall–Kier alpha value is -1.62. The molecule has 0 atom stereocenters. The van der Waals surface area contributed by atoms with Crippen LogP contribution in [0.25, 0.3) is 0 Å². The zero-order chi connectivity index (χ0) is 13.5. The quantitative estimate of drug-likeness (QED) is 0.843. The van der Waals surface area contributed by atoms with E-state index in [1.165, 1.54) is 4.88 Å². The molecule has 0 aliphatic rings. The van der Waals surface area contributed by atoms with Crippen molar-refractivity contribution in [2.75, 3.05) is 18.5 Å². The summed E-state index contributed by atoms with van der Waals surface area (Å²) < 4.78 is 5.70. The summed E-state index contributed by atoms with van der Waals surface area (Å²) in [5, 5.41) is 5.33. The number of hydrogen-bond acceptors (Lipinski definition) is 5. The van der Waals surface area contributed by atoms with E-state index in [1.807, 2.05) is 13.0 Å². The van der Waals surface area contributed by atoms with Crippen LogP contribution in [0.1, 0.15) is 24.0 Å². The molecule has 1 N–H and O–H groups in total. The van der Waals surface area contributed by atoms with E-state index < -0.39 is 0 Å². The third-order valence-electron chi connectivity index (χ3n) is 2.55. The Morgan fingerprint density at radius 1 is 1.37 bits per heavy atom. The van der Waals surface area contributed by atoms with E-state index in [4.69, 9.17) is 4.74 Å². The maximum Gasteiger partial charge on any atom is 0.218 e. The number of rotatable bonds is 7. The van der Waals surface area contributed by atoms with Crippen LogP contribution in [0, 0.1) is 6.92 Å². The van der Waals surface area contributed by atoms with Crippen molar-refractivity contribution in [3.05, 3.63) is 34.3 Å². The third kappa shape index (κ3) is 4.52. The molecule has 0 saturated carbocycles. The Morgan fingerprint density at radius 3 is 3.00 bits per heavy atom. The van der Waals surface area contributed by atoms with Crippen molar-refractivity contribution in [2.45, 2.75) is 26.7 Å². The molecule has 4 nitrogen and oxygen atoms in total. The maximum atomic E-state index is 5.70. The van der Waals surface area contributed by atoms with Crippen molar-refractivity contribution in [2.24, 2.45) is 0 Å². The van der Waals surface area contributed by atoms with Gasteiger partial charge in [-0.3, -0.25) is 0 Å². The van der Waals surface area contributed by atoms with Crippen LogP contribution in [0.2, 0.25) is 0 Å². The molecule has 19 heavy (non-hydrogen) atoms. The van der Waals surface area contributed by atoms with Crippen molar-refractivity contribution in [1.82, 2.24) is 9.97 Å². The molecule has 102 valence electrons. The fourth-order valence-electron chi connectivity index (χ4n) is 1.67. The molecule has 0 aliphatic carbocycles. The lowest BCUT2D eigenvalue weighted by molar-refractivity contribution is 0.309. The van der Waals surface area contributed by atoms with Gasteiger partial charge in [-0.05, 0) is 24.8 Å². The van der Waals surface area contributed by atoms with Crippen LogP contribution < -0.4 is 10.1 Å². The standard InChI is InChI=1S/C14H19N3OS/c1-3-7-15-13-10-14(17-11(2)16-13)18-8-6-12-5-4-9-19-12/h4-5,9-10H,3,6-8H2,1-2H3,(H,15,16,17). The van der Waals surface area contributed by atoms with E-state index in [-0.39, 0.29) is 0 Å². The fourth-order valence-corrected chi connectivity index (χ4v) is 2.36. The third-order valence-corrected chi connectivity index (χ3v) is 3.49. The average Bonchev–Trinajstić information content (AvgIpc) is 2.89. The molecule has 0 amide bonds. The number of aryl methyl sites for hydroxylation is 1. The molecule has 2 aromatic rings. The molecular weight excluding hydrogens is 258 g/mol. The molecule has 0 aliphatic heterocycles. The lowest BCUT2D eigenvalue weighted by Gasteiger charge is -2.08. The monoisotopic (exact) mass is 277 g/mol. The van der Waals surface area contributed by atoms with Crippen LogP contribution in [-0.2, 0) is 6.42 Å². The molecule has 5 heteroatoms. The highest BCUT2D eigenvalue weighted by atomic mass is 32.1. The minimum Gasteiger partial charge on any atom is -0.477 e. The number of hydrogen-bond donors (Lipinski definition) is 1. The molecule has 0 bridgehead atoms. The molecule has 0 unspecified atom stereocenters. The Bertz CT molecular complexity index is 499. The van der Waals surface area contributed by atoms with Gasteiger partial charge in [-0.15, -0.1) is 11.3 Å². The number of nitrogens with zero attached hydrogens (tertiary/aromatic N) is 2. The summed E-state index contributed by atoms with van der Waals surface area (Å²) in [5.41, 5.74) is 0. The van der Waals surface area contributed by atoms with Gasteiger partial charge in [-0.25, -0.2) is 4.98 Å². The van der Waals surface area contributed by atoms with Gasteiger partial charge in [0.1, 0.15) is 11.6 Å². The van der Waals surface area contributed by atoms with Crippen LogP contribution in [0.4, 0.5) is 5.82 Å². The number of aromatic nitrogens is 2. The Morgan fingerprint density at radius 2 is 2.26 bits per heavy atom. The van der Waals surface area contributed by atoms with Gasteiger partial charge in [0.15, 0.2) is 0 Å². The van der Waals surface area contributed by atoms with Gasteiger partial charge in [0.25, 0.3) is 0 Å². The first-order chi connectivity index (χ1) is 9.28. The largest absolute Gasteiger partial charge is 0.477 e. The summed E-state index contributed by atoms with van der Waals surface area (Å²) in [6.07, 6.45) is 1.98. The van der Waals surface area contributed by atoms with Crippen LogP contribution in [0.15, 0.2) is 23.6 Å². The molecule has 0 radical (unpaired) electrons. The number of nitrogens with one attached hydrogen (secondary N) is 1. The highest BCUT2D eigenvalue weighted by Gasteiger charge is 2.03. The lowest BCUT2D eigenvalue weighted by Crippen LogP contribution is -2.07. The highest BCUT2D eigenvalue weighted by Crippen LogP contribution is 2.15. The summed E-state index contributed by atoms with van der Waals surface area (Å²) in [6.45, 7) is 5.55. The molecule has 0 aromatic carbocycles. The second-order valence-electron chi connectivity index (χ2n) is 4.24. The van der Waals surface area contributed by atoms with Crippen LogP contribution >= 0.6 is 11.3 Å². The van der Waals surface area contributed by atoms with Crippen molar-refractivity contribution in [1.29, 1.82) is 0 Å². The van der Waals surface area contributed by atoms with E-state index in [0.717, 1.165) is 31.0 Å². The van der Waals surface area contributed by atoms with Crippen LogP contribution in [-0.4, -0.2) is 23.1 Å². The maximum absolute atomic E-state index is 5.70. The molecule has 2 rings (SSSR count). The van der Waals surface area contributed by atoms with Gasteiger partial charge >= 0.3 is 0 Å². The van der Waals surface area contributed by atoms with Crippen molar-refractivity contribution >= 4 is 17.2 Å². The Kier molecular flexibility index (Phi) is 5.15. The lowest BCUT2D eigenvalue weighted by atomic mass is 10.4. The fraction of sp³-hybridized carbons (Fsp3) is 0.429. The second kappa shape index (κ2) is 7.09. The predicted molar refractivity (Wildman–Crippen MR) is 79.1 cm³/mol. The van der Waals surface area contributed by atoms with E-state index in [1.54, 1.807) is 11.3 Å². The van der Waals surface area contributed by atoms with Gasteiger partial charge in [0.2, 0.25) is 5.88 Å². The van der Waals surface area contributed by atoms with Crippen molar-refractivity contribution in [3.8, 4) is 5.88 Å². The first kappa shape index (κ1) is 13.8. The first-order valence-electron chi connectivity index (χ1n) is 6.52. The summed E-state index contributed by atoms with van der Waals surface area (Å²) >= 11 is 1.75. The molecule has 2 aromatic heterocycles. The van der Waals surface area contributed by atoms with Gasteiger partial charge in [-0.1, -0.05) is 13.0 Å². The molecule has 0 fully saturated rings. The summed E-state index contributed by atoms with van der Waals surface area (Å²) in [5.74, 6) is 2.20. The molecule has 2 heterocycles. The van der Waals surface area contributed by atoms with Crippen LogP contribution in [0.5, 0.6) is 5.88 Å². The van der Waals surface area contributed by atoms with Gasteiger partial charge in [0, 0.05) is 23.9 Å².